The average molecular weight is 292 g/mol. The Morgan fingerprint density at radius 1 is 1.24 bits per heavy atom. The van der Waals surface area contributed by atoms with Gasteiger partial charge in [-0.25, -0.2) is 4.98 Å². The lowest BCUT2D eigenvalue weighted by atomic mass is 10.2. The van der Waals surface area contributed by atoms with E-state index in [0.717, 1.165) is 4.47 Å². The van der Waals surface area contributed by atoms with Gasteiger partial charge in [0.15, 0.2) is 0 Å². The highest BCUT2D eigenvalue weighted by atomic mass is 79.9. The summed E-state index contributed by atoms with van der Waals surface area (Å²) in [5.41, 5.74) is 5.93. The molecule has 2 rings (SSSR count). The molecule has 2 aromatic rings. The minimum Gasteiger partial charge on any atom is -0.438 e. The van der Waals surface area contributed by atoms with Crippen LogP contribution in [-0.4, -0.2) is 10.8 Å². The lowest BCUT2D eigenvalue weighted by Gasteiger charge is -2.08. The van der Waals surface area contributed by atoms with Gasteiger partial charge in [-0.2, -0.15) is 0 Å². The Morgan fingerprint density at radius 3 is 2.59 bits per heavy atom. The van der Waals surface area contributed by atoms with Crippen molar-refractivity contribution in [1.29, 1.82) is 5.41 Å². The first-order valence-corrected chi connectivity index (χ1v) is 5.69. The molecule has 0 fully saturated rings. The van der Waals surface area contributed by atoms with E-state index in [1.807, 2.05) is 24.3 Å². The first-order valence-electron chi connectivity index (χ1n) is 4.89. The number of rotatable bonds is 3. The molecule has 1 aromatic heterocycles. The smallest absolute Gasteiger partial charge is 0.230 e. The summed E-state index contributed by atoms with van der Waals surface area (Å²) >= 11 is 3.34. The van der Waals surface area contributed by atoms with E-state index in [4.69, 9.17) is 15.9 Å². The first-order chi connectivity index (χ1) is 8.16. The van der Waals surface area contributed by atoms with Crippen LogP contribution in [0.3, 0.4) is 0 Å². The number of hydrogen-bond acceptors (Lipinski definition) is 3. The molecule has 3 N–H and O–H groups in total. The van der Waals surface area contributed by atoms with Gasteiger partial charge in [0.2, 0.25) is 5.88 Å². The number of aromatic nitrogens is 1. The van der Waals surface area contributed by atoms with Gasteiger partial charge in [0, 0.05) is 10.7 Å². The van der Waals surface area contributed by atoms with Crippen molar-refractivity contribution in [2.24, 2.45) is 5.73 Å². The maximum Gasteiger partial charge on any atom is 0.230 e. The lowest BCUT2D eigenvalue weighted by molar-refractivity contribution is 0.461. The molecule has 0 aliphatic carbocycles. The number of pyridine rings is 1. The van der Waals surface area contributed by atoms with Gasteiger partial charge >= 0.3 is 0 Å². The average Bonchev–Trinajstić information content (AvgIpc) is 2.32. The second-order valence-electron chi connectivity index (χ2n) is 3.33. The van der Waals surface area contributed by atoms with Crippen molar-refractivity contribution in [1.82, 2.24) is 4.98 Å². The number of halogens is 1. The predicted octanol–water partition coefficient (Wildman–Crippen LogP) is 2.92. The summed E-state index contributed by atoms with van der Waals surface area (Å²) in [4.78, 5) is 4.06. The molecule has 0 atom stereocenters. The summed E-state index contributed by atoms with van der Waals surface area (Å²) in [6.07, 6.45) is 1.60. The van der Waals surface area contributed by atoms with Gasteiger partial charge in [-0.05, 0) is 36.4 Å². The predicted molar refractivity (Wildman–Crippen MR) is 69.5 cm³/mol. The zero-order valence-corrected chi connectivity index (χ0v) is 10.4. The van der Waals surface area contributed by atoms with Gasteiger partial charge in [0.1, 0.15) is 11.6 Å². The minimum absolute atomic E-state index is 0.0646. The van der Waals surface area contributed by atoms with Crippen molar-refractivity contribution >= 4 is 21.8 Å². The second-order valence-corrected chi connectivity index (χ2v) is 4.24. The van der Waals surface area contributed by atoms with Crippen LogP contribution in [0, 0.1) is 5.41 Å². The number of amidine groups is 1. The van der Waals surface area contributed by atoms with Gasteiger partial charge in [-0.1, -0.05) is 15.9 Å². The number of nitrogen functional groups attached to an aromatic ring is 1. The second kappa shape index (κ2) is 4.97. The molecule has 0 aliphatic rings. The van der Waals surface area contributed by atoms with Crippen molar-refractivity contribution in [2.45, 2.75) is 0 Å². The molecule has 1 heterocycles. The summed E-state index contributed by atoms with van der Waals surface area (Å²) in [6.45, 7) is 0. The van der Waals surface area contributed by atoms with Gasteiger partial charge in [0.25, 0.3) is 0 Å². The van der Waals surface area contributed by atoms with E-state index in [2.05, 4.69) is 20.9 Å². The summed E-state index contributed by atoms with van der Waals surface area (Å²) < 4.78 is 6.54. The molecule has 0 aliphatic heterocycles. The molecule has 0 saturated carbocycles. The van der Waals surface area contributed by atoms with E-state index in [-0.39, 0.29) is 5.84 Å². The molecule has 0 amide bonds. The van der Waals surface area contributed by atoms with Crippen molar-refractivity contribution in [2.75, 3.05) is 0 Å². The topological polar surface area (TPSA) is 72.0 Å². The van der Waals surface area contributed by atoms with E-state index in [1.54, 1.807) is 18.3 Å². The highest BCUT2D eigenvalue weighted by Crippen LogP contribution is 2.23. The third-order valence-electron chi connectivity index (χ3n) is 2.09. The van der Waals surface area contributed by atoms with Gasteiger partial charge in [-0.3, -0.25) is 5.41 Å². The van der Waals surface area contributed by atoms with Gasteiger partial charge < -0.3 is 10.5 Å². The highest BCUT2D eigenvalue weighted by Gasteiger charge is 2.08. The van der Waals surface area contributed by atoms with Crippen molar-refractivity contribution in [3.63, 3.8) is 0 Å². The Labute approximate surface area is 107 Å². The SMILES string of the molecule is N=C(N)c1cccnc1Oc1ccc(Br)cc1. The van der Waals surface area contributed by atoms with Crippen molar-refractivity contribution in [3.05, 3.63) is 52.6 Å². The van der Waals surface area contributed by atoms with E-state index < -0.39 is 0 Å². The van der Waals surface area contributed by atoms with E-state index in [0.29, 0.717) is 17.2 Å². The van der Waals surface area contributed by atoms with E-state index in [1.165, 1.54) is 0 Å². The fraction of sp³-hybridized carbons (Fsp3) is 0. The summed E-state index contributed by atoms with van der Waals surface area (Å²) in [5.74, 6) is 0.918. The van der Waals surface area contributed by atoms with Crippen LogP contribution >= 0.6 is 15.9 Å². The third kappa shape index (κ3) is 2.82. The Morgan fingerprint density at radius 2 is 1.94 bits per heavy atom. The Balaban J connectivity index is 2.30. The van der Waals surface area contributed by atoms with E-state index >= 15 is 0 Å². The number of hydrogen-bond donors (Lipinski definition) is 2. The van der Waals surface area contributed by atoms with Crippen LogP contribution in [0.15, 0.2) is 47.1 Å². The lowest BCUT2D eigenvalue weighted by Crippen LogP contribution is -2.12. The molecule has 0 unspecified atom stereocenters. The zero-order valence-electron chi connectivity index (χ0n) is 8.85. The number of ether oxygens (including phenoxy) is 1. The molecule has 0 radical (unpaired) electrons. The Hall–Kier alpha value is -1.88. The molecule has 86 valence electrons. The molecular weight excluding hydrogens is 282 g/mol. The van der Waals surface area contributed by atoms with Crippen LogP contribution in [0.25, 0.3) is 0 Å². The minimum atomic E-state index is -0.0646. The molecule has 1 aromatic carbocycles. The van der Waals surface area contributed by atoms with Gasteiger partial charge in [0.05, 0.1) is 5.56 Å². The standard InChI is InChI=1S/C12H10BrN3O/c13-8-3-5-9(6-4-8)17-12-10(11(14)15)2-1-7-16-12/h1-7H,(H3,14,15). The first kappa shape index (κ1) is 11.6. The van der Waals surface area contributed by atoms with Crippen molar-refractivity contribution < 1.29 is 4.74 Å². The molecular formula is C12H10BrN3O. The quantitative estimate of drug-likeness (QED) is 0.675. The summed E-state index contributed by atoms with van der Waals surface area (Å²) in [5, 5.41) is 7.43. The summed E-state index contributed by atoms with van der Waals surface area (Å²) in [7, 11) is 0. The molecule has 0 spiro atoms. The zero-order chi connectivity index (χ0) is 12.3. The maximum absolute atomic E-state index is 7.43. The normalized spacial score (nSPS) is 9.94. The van der Waals surface area contributed by atoms with Crippen LogP contribution in [0.1, 0.15) is 5.56 Å². The van der Waals surface area contributed by atoms with Gasteiger partial charge in [-0.15, -0.1) is 0 Å². The van der Waals surface area contributed by atoms with Crippen LogP contribution in [0.5, 0.6) is 11.6 Å². The highest BCUT2D eigenvalue weighted by molar-refractivity contribution is 9.10. The Kier molecular flexibility index (Phi) is 3.39. The maximum atomic E-state index is 7.43. The third-order valence-corrected chi connectivity index (χ3v) is 2.62. The fourth-order valence-electron chi connectivity index (χ4n) is 1.29. The Bertz CT molecular complexity index is 540. The number of nitrogens with two attached hydrogens (primary N) is 1. The van der Waals surface area contributed by atoms with Crippen LogP contribution in [-0.2, 0) is 0 Å². The van der Waals surface area contributed by atoms with E-state index in [9.17, 15) is 0 Å². The molecule has 4 nitrogen and oxygen atoms in total. The number of benzene rings is 1. The molecule has 0 saturated heterocycles. The van der Waals surface area contributed by atoms with Crippen LogP contribution in [0.2, 0.25) is 0 Å². The largest absolute Gasteiger partial charge is 0.438 e. The van der Waals surface area contributed by atoms with Crippen LogP contribution in [0.4, 0.5) is 0 Å². The van der Waals surface area contributed by atoms with Crippen molar-refractivity contribution in [3.8, 4) is 11.6 Å². The molecule has 17 heavy (non-hydrogen) atoms. The monoisotopic (exact) mass is 291 g/mol. The molecule has 0 bridgehead atoms. The fourth-order valence-corrected chi connectivity index (χ4v) is 1.56. The van der Waals surface area contributed by atoms with Crippen LogP contribution < -0.4 is 10.5 Å². The summed E-state index contributed by atoms with van der Waals surface area (Å²) in [6, 6.07) is 10.8. The number of nitrogens with one attached hydrogen (secondary N) is 1. The molecule has 5 heteroatoms. The number of nitrogens with zero attached hydrogens (tertiary/aromatic N) is 1.